The van der Waals surface area contributed by atoms with Gasteiger partial charge >= 0.3 is 0 Å². The second-order valence-electron chi connectivity index (χ2n) is 9.13. The van der Waals surface area contributed by atoms with Crippen LogP contribution < -0.4 is 5.32 Å². The molecule has 1 saturated carbocycles. The Hall–Kier alpha value is -3.44. The summed E-state index contributed by atoms with van der Waals surface area (Å²) in [4.78, 5) is 41.6. The summed E-state index contributed by atoms with van der Waals surface area (Å²) < 4.78 is 0. The highest BCUT2D eigenvalue weighted by Crippen LogP contribution is 2.68. The lowest BCUT2D eigenvalue weighted by Gasteiger charge is -2.17. The number of likely N-dealkylation sites (tertiary alicyclic amines) is 1. The largest absolute Gasteiger partial charge is 0.349 e. The number of benzene rings is 3. The molecule has 2 amide bonds. The molecule has 0 aromatic heterocycles. The van der Waals surface area contributed by atoms with E-state index in [0.717, 1.165) is 16.7 Å². The Kier molecular flexibility index (Phi) is 5.74. The van der Waals surface area contributed by atoms with Gasteiger partial charge in [-0.15, -0.1) is 0 Å². The van der Waals surface area contributed by atoms with E-state index in [1.165, 1.54) is 0 Å². The van der Waals surface area contributed by atoms with Crippen molar-refractivity contribution >= 4 is 29.2 Å². The van der Waals surface area contributed by atoms with Crippen molar-refractivity contribution in [2.45, 2.75) is 25.4 Å². The minimum absolute atomic E-state index is 0.202. The van der Waals surface area contributed by atoms with E-state index in [9.17, 15) is 14.4 Å². The van der Waals surface area contributed by atoms with E-state index in [2.05, 4.69) is 5.32 Å². The van der Waals surface area contributed by atoms with E-state index < -0.39 is 28.9 Å². The summed E-state index contributed by atoms with van der Waals surface area (Å²) in [7, 11) is 0. The second-order valence-corrected chi connectivity index (χ2v) is 9.54. The fourth-order valence-electron chi connectivity index (χ4n) is 5.35. The van der Waals surface area contributed by atoms with Gasteiger partial charge in [0.2, 0.25) is 11.7 Å². The predicted octanol–water partition coefficient (Wildman–Crippen LogP) is 4.53. The molecular weight excluding hydrogens is 448 g/mol. The number of halogens is 1. The van der Waals surface area contributed by atoms with Gasteiger partial charge in [0.15, 0.2) is 0 Å². The van der Waals surface area contributed by atoms with Crippen LogP contribution in [0.2, 0.25) is 5.02 Å². The van der Waals surface area contributed by atoms with Gasteiger partial charge in [0.1, 0.15) is 0 Å². The summed E-state index contributed by atoms with van der Waals surface area (Å²) in [5, 5.41) is 3.56. The van der Waals surface area contributed by atoms with Crippen LogP contribution in [0, 0.1) is 11.3 Å². The number of carbonyl (C=O) groups is 3. The number of ketones is 1. The molecule has 3 aromatic rings. The molecule has 5 nitrogen and oxygen atoms in total. The van der Waals surface area contributed by atoms with E-state index in [1.54, 1.807) is 11.0 Å². The van der Waals surface area contributed by atoms with Crippen molar-refractivity contribution in [3.63, 3.8) is 0 Å². The molecule has 34 heavy (non-hydrogen) atoms. The Morgan fingerprint density at radius 1 is 1.00 bits per heavy atom. The van der Waals surface area contributed by atoms with Gasteiger partial charge in [0, 0.05) is 24.0 Å². The van der Waals surface area contributed by atoms with E-state index in [1.807, 2.05) is 85.8 Å². The van der Waals surface area contributed by atoms with E-state index in [-0.39, 0.29) is 18.5 Å². The first-order valence-corrected chi connectivity index (χ1v) is 11.8. The molecule has 1 saturated heterocycles. The number of nitrogens with zero attached hydrogens (tertiary/aromatic N) is 1. The Bertz CT molecular complexity index is 1250. The lowest BCUT2D eigenvalue weighted by molar-refractivity contribution is -0.141. The monoisotopic (exact) mass is 472 g/mol. The standard InChI is InChI=1S/C28H25ClN2O3/c1-18(20-12-6-3-7-13-20)30-26(33)24-23(21-14-8-9-15-22(21)29)28(24)17-31(27(34)25(28)32)16-19-10-4-2-5-11-19/h2-15,18,23-24H,16-17H2,1H3,(H,30,33)/t18-,23+,24+,28-/m0/s1. The van der Waals surface area contributed by atoms with Crippen molar-refractivity contribution in [1.29, 1.82) is 0 Å². The lowest BCUT2D eigenvalue weighted by Crippen LogP contribution is -2.32. The Morgan fingerprint density at radius 3 is 2.29 bits per heavy atom. The molecular formula is C28H25ClN2O3. The minimum atomic E-state index is -1.10. The molecule has 0 bridgehead atoms. The molecule has 5 rings (SSSR count). The zero-order valence-electron chi connectivity index (χ0n) is 18.8. The maximum Gasteiger partial charge on any atom is 0.290 e. The highest BCUT2D eigenvalue weighted by atomic mass is 35.5. The van der Waals surface area contributed by atoms with Crippen molar-refractivity contribution in [3.8, 4) is 0 Å². The van der Waals surface area contributed by atoms with Crippen LogP contribution in [0.15, 0.2) is 84.9 Å². The number of rotatable bonds is 6. The Balaban J connectivity index is 1.46. The Morgan fingerprint density at radius 2 is 1.62 bits per heavy atom. The molecule has 2 aliphatic rings. The van der Waals surface area contributed by atoms with Crippen LogP contribution in [0.1, 0.15) is 35.6 Å². The van der Waals surface area contributed by atoms with Gasteiger partial charge in [-0.3, -0.25) is 14.4 Å². The quantitative estimate of drug-likeness (QED) is 0.536. The molecule has 0 unspecified atom stereocenters. The van der Waals surface area contributed by atoms with E-state index in [4.69, 9.17) is 11.6 Å². The normalized spacial score (nSPS) is 24.4. The molecule has 0 radical (unpaired) electrons. The van der Waals surface area contributed by atoms with Crippen LogP contribution in [-0.4, -0.2) is 29.0 Å². The van der Waals surface area contributed by atoms with Crippen molar-refractivity contribution in [2.75, 3.05) is 6.54 Å². The van der Waals surface area contributed by atoms with Crippen molar-refractivity contribution < 1.29 is 14.4 Å². The number of hydrogen-bond acceptors (Lipinski definition) is 3. The van der Waals surface area contributed by atoms with Gasteiger partial charge in [-0.05, 0) is 29.7 Å². The molecule has 2 fully saturated rings. The third-order valence-corrected chi connectivity index (χ3v) is 7.43. The first-order valence-electron chi connectivity index (χ1n) is 11.4. The second kappa shape index (κ2) is 8.73. The molecule has 172 valence electrons. The third-order valence-electron chi connectivity index (χ3n) is 7.09. The van der Waals surface area contributed by atoms with E-state index >= 15 is 0 Å². The van der Waals surface area contributed by atoms with Gasteiger partial charge in [-0.2, -0.15) is 0 Å². The molecule has 3 aromatic carbocycles. The minimum Gasteiger partial charge on any atom is -0.349 e. The summed E-state index contributed by atoms with van der Waals surface area (Å²) in [5.74, 6) is -2.37. The molecule has 1 aliphatic heterocycles. The molecule has 6 heteroatoms. The van der Waals surface area contributed by atoms with Crippen molar-refractivity contribution in [1.82, 2.24) is 10.2 Å². The maximum absolute atomic E-state index is 13.5. The first kappa shape index (κ1) is 22.4. The fraction of sp³-hybridized carbons (Fsp3) is 0.250. The van der Waals surface area contributed by atoms with Crippen molar-refractivity contribution in [3.05, 3.63) is 107 Å². The number of nitrogens with one attached hydrogen (secondary N) is 1. The molecule has 1 N–H and O–H groups in total. The van der Waals surface area contributed by atoms with Crippen LogP contribution in [0.4, 0.5) is 0 Å². The van der Waals surface area contributed by atoms with E-state index in [0.29, 0.717) is 11.6 Å². The van der Waals surface area contributed by atoms with Crippen LogP contribution in [0.3, 0.4) is 0 Å². The highest BCUT2D eigenvalue weighted by molar-refractivity contribution is 6.42. The maximum atomic E-state index is 13.5. The molecule has 1 aliphatic carbocycles. The average molecular weight is 473 g/mol. The topological polar surface area (TPSA) is 66.5 Å². The molecule has 1 heterocycles. The van der Waals surface area contributed by atoms with Gasteiger partial charge in [-0.25, -0.2) is 0 Å². The van der Waals surface area contributed by atoms with Gasteiger partial charge in [0.05, 0.1) is 17.4 Å². The summed E-state index contributed by atoms with van der Waals surface area (Å²) in [5.41, 5.74) is 1.55. The predicted molar refractivity (Wildman–Crippen MR) is 130 cm³/mol. The molecule has 4 atom stereocenters. The average Bonchev–Trinajstić information content (AvgIpc) is 3.46. The van der Waals surface area contributed by atoms with Crippen molar-refractivity contribution in [2.24, 2.45) is 11.3 Å². The van der Waals surface area contributed by atoms with Crippen LogP contribution in [0.25, 0.3) is 0 Å². The summed E-state index contributed by atoms with van der Waals surface area (Å²) in [6.07, 6.45) is 0. The van der Waals surface area contributed by atoms with Crippen LogP contribution in [0.5, 0.6) is 0 Å². The number of carbonyl (C=O) groups excluding carboxylic acids is 3. The van der Waals surface area contributed by atoms with Gasteiger partial charge in [-0.1, -0.05) is 90.5 Å². The Labute approximate surface area is 203 Å². The molecule has 1 spiro atoms. The zero-order chi connectivity index (χ0) is 23.9. The third kappa shape index (κ3) is 3.70. The number of amides is 2. The fourth-order valence-corrected chi connectivity index (χ4v) is 5.60. The summed E-state index contributed by atoms with van der Waals surface area (Å²) in [6.45, 7) is 2.44. The number of Topliss-reactive ketones (excluding diaryl/α,β-unsaturated/α-hetero) is 1. The van der Waals surface area contributed by atoms with Crippen LogP contribution >= 0.6 is 11.6 Å². The smallest absolute Gasteiger partial charge is 0.290 e. The van der Waals surface area contributed by atoms with Gasteiger partial charge < -0.3 is 10.2 Å². The van der Waals surface area contributed by atoms with Crippen LogP contribution in [-0.2, 0) is 20.9 Å². The lowest BCUT2D eigenvalue weighted by atomic mass is 9.96. The van der Waals surface area contributed by atoms with Gasteiger partial charge in [0.25, 0.3) is 5.91 Å². The SMILES string of the molecule is C[C@H](NC(=O)[C@H]1[C@@H](c2ccccc2Cl)[C@@]12CN(Cc1ccccc1)C(=O)C2=O)c1ccccc1. The highest BCUT2D eigenvalue weighted by Gasteiger charge is 2.77. The zero-order valence-corrected chi connectivity index (χ0v) is 19.5. The first-order chi connectivity index (χ1) is 16.4. The summed E-state index contributed by atoms with van der Waals surface area (Å²) >= 11 is 6.50. The number of hydrogen-bond donors (Lipinski definition) is 1. The summed E-state index contributed by atoms with van der Waals surface area (Å²) in [6, 6.07) is 26.3.